The number of hydrogen-bond acceptors (Lipinski definition) is 4. The van der Waals surface area contributed by atoms with Crippen molar-refractivity contribution in [3.63, 3.8) is 0 Å². The first-order valence-corrected chi connectivity index (χ1v) is 23.4. The summed E-state index contributed by atoms with van der Waals surface area (Å²) in [5.41, 5.74) is 4.61. The summed E-state index contributed by atoms with van der Waals surface area (Å²) in [6.45, 7) is 5.48. The normalized spacial score (nSPS) is 12.4. The van der Waals surface area contributed by atoms with Crippen LogP contribution in [-0.2, 0) is 12.4 Å². The maximum atomic E-state index is 13.1. The molecule has 0 bridgehead atoms. The molecule has 68 heavy (non-hydrogen) atoms. The average molecular weight is 929 g/mol. The highest BCUT2D eigenvalue weighted by molar-refractivity contribution is 5.91. The number of rotatable bonds is 24. The molecule has 0 amide bonds. The number of benzene rings is 5. The van der Waals surface area contributed by atoms with Crippen molar-refractivity contribution < 1.29 is 35.8 Å². The molecule has 4 nitrogen and oxygen atoms in total. The van der Waals surface area contributed by atoms with Crippen LogP contribution in [0.3, 0.4) is 0 Å². The molecular formula is C58H58F6N2O2. The quantitative estimate of drug-likeness (QED) is 0.0268. The first-order chi connectivity index (χ1) is 32.8. The highest BCUT2D eigenvalue weighted by atomic mass is 19.4. The summed E-state index contributed by atoms with van der Waals surface area (Å²) in [5, 5.41) is 19.6. The molecular weight excluding hydrogens is 871 g/mol. The largest absolute Gasteiger partial charge is 0.493 e. The minimum absolute atomic E-state index is 0.245. The second kappa shape index (κ2) is 26.5. The Labute approximate surface area is 397 Å². The maximum Gasteiger partial charge on any atom is 0.416 e. The van der Waals surface area contributed by atoms with Gasteiger partial charge < -0.3 is 9.47 Å². The van der Waals surface area contributed by atoms with Crippen LogP contribution < -0.4 is 9.47 Å². The monoisotopic (exact) mass is 928 g/mol. The molecule has 354 valence electrons. The second-order valence-electron chi connectivity index (χ2n) is 16.7. The first-order valence-electron chi connectivity index (χ1n) is 23.4. The zero-order valence-electron chi connectivity index (χ0n) is 38.7. The number of nitrogens with zero attached hydrogens (tertiary/aromatic N) is 2. The summed E-state index contributed by atoms with van der Waals surface area (Å²) in [4.78, 5) is 0. The molecule has 0 spiro atoms. The third kappa shape index (κ3) is 16.8. The van der Waals surface area contributed by atoms with Gasteiger partial charge in [0, 0.05) is 11.1 Å². The molecule has 5 aromatic rings. The van der Waals surface area contributed by atoms with Gasteiger partial charge in [-0.1, -0.05) is 175 Å². The Balaban J connectivity index is 1.41. The van der Waals surface area contributed by atoms with Gasteiger partial charge in [0.1, 0.15) is 11.5 Å². The van der Waals surface area contributed by atoms with Crippen molar-refractivity contribution in [1.82, 2.24) is 0 Å². The van der Waals surface area contributed by atoms with Crippen LogP contribution in [0.1, 0.15) is 147 Å². The van der Waals surface area contributed by atoms with E-state index in [1.807, 2.05) is 85.0 Å². The molecule has 0 unspecified atom stereocenters. The highest BCUT2D eigenvalue weighted by Gasteiger charge is 2.31. The number of alkyl halides is 6. The minimum atomic E-state index is -4.46. The summed E-state index contributed by atoms with van der Waals surface area (Å²) >= 11 is 0. The van der Waals surface area contributed by atoms with Crippen LogP contribution in [0.4, 0.5) is 26.3 Å². The van der Waals surface area contributed by atoms with E-state index >= 15 is 0 Å². The van der Waals surface area contributed by atoms with E-state index in [0.717, 1.165) is 96.2 Å². The second-order valence-corrected chi connectivity index (χ2v) is 16.7. The fourth-order valence-corrected chi connectivity index (χ4v) is 7.38. The first kappa shape index (κ1) is 52.2. The molecule has 0 aliphatic heterocycles. The van der Waals surface area contributed by atoms with E-state index in [0.29, 0.717) is 35.8 Å². The lowest BCUT2D eigenvalue weighted by atomic mass is 10.0. The van der Waals surface area contributed by atoms with Crippen molar-refractivity contribution in [3.05, 3.63) is 165 Å². The van der Waals surface area contributed by atoms with E-state index in [1.54, 1.807) is 12.2 Å². The van der Waals surface area contributed by atoms with Gasteiger partial charge in [0.2, 0.25) is 0 Å². The summed E-state index contributed by atoms with van der Waals surface area (Å²) < 4.78 is 91.7. The average Bonchev–Trinajstić information content (AvgIpc) is 3.33. The third-order valence-corrected chi connectivity index (χ3v) is 11.3. The van der Waals surface area contributed by atoms with Gasteiger partial charge in [0.05, 0.1) is 47.6 Å². The van der Waals surface area contributed by atoms with Crippen LogP contribution >= 0.6 is 0 Å². The standard InChI is InChI=1S/C58H58F6N2O2/c1-3-5-7-9-11-13-35-67-55-39-50(26-24-44-17-21-46(22-18-44)38-52(42-66)48-29-33-54(34-30-48)58(62,63)64)56(68-36-14-12-10-8-6-4-2)40-49(55)25-23-43-15-19-45(20-16-43)37-51(41-65)47-27-31-53(32-28-47)57(59,60)61/h15-34,37-40H,3-14,35-36H2,1-2H3/b25-23+,26-24+,51-37-,52-38-. The van der Waals surface area contributed by atoms with Crippen molar-refractivity contribution in [3.8, 4) is 23.6 Å². The molecule has 0 saturated heterocycles. The van der Waals surface area contributed by atoms with E-state index in [9.17, 15) is 36.9 Å². The molecule has 0 N–H and O–H groups in total. The van der Waals surface area contributed by atoms with Gasteiger partial charge in [0.15, 0.2) is 0 Å². The minimum Gasteiger partial charge on any atom is -0.493 e. The molecule has 0 fully saturated rings. The van der Waals surface area contributed by atoms with Gasteiger partial charge in [0.25, 0.3) is 0 Å². The molecule has 0 radical (unpaired) electrons. The predicted octanol–water partition coefficient (Wildman–Crippen LogP) is 17.7. The van der Waals surface area contributed by atoms with Gasteiger partial charge in [-0.05, 0) is 94.8 Å². The van der Waals surface area contributed by atoms with Crippen LogP contribution in [0.25, 0.3) is 47.6 Å². The predicted molar refractivity (Wildman–Crippen MR) is 265 cm³/mol. The fourth-order valence-electron chi connectivity index (χ4n) is 7.38. The Morgan fingerprint density at radius 2 is 0.765 bits per heavy atom. The van der Waals surface area contributed by atoms with Crippen molar-refractivity contribution in [2.75, 3.05) is 13.2 Å². The van der Waals surface area contributed by atoms with Gasteiger partial charge in [-0.2, -0.15) is 36.9 Å². The van der Waals surface area contributed by atoms with E-state index < -0.39 is 23.5 Å². The number of nitriles is 2. The van der Waals surface area contributed by atoms with E-state index in [4.69, 9.17) is 9.47 Å². The van der Waals surface area contributed by atoms with E-state index in [1.165, 1.54) is 62.8 Å². The number of allylic oxidation sites excluding steroid dienone is 2. The molecule has 0 aliphatic rings. The SMILES string of the molecule is CCCCCCCCOc1cc(/C=C/c2ccc(/C=C(/C#N)c3ccc(C(F)(F)F)cc3)cc2)c(OCCCCCCCC)cc1/C=C/c1ccc(/C=C(/C#N)c2ccc(C(F)(F)F)cc2)cc1. The van der Waals surface area contributed by atoms with Gasteiger partial charge in [-0.3, -0.25) is 0 Å². The summed E-state index contributed by atoms with van der Waals surface area (Å²) in [7, 11) is 0. The fraction of sp³-hybridized carbons (Fsp3) is 0.310. The van der Waals surface area contributed by atoms with Gasteiger partial charge >= 0.3 is 12.4 Å². The molecule has 0 aliphatic carbocycles. The molecule has 5 aromatic carbocycles. The Hall–Kier alpha value is -6.78. The van der Waals surface area contributed by atoms with Crippen LogP contribution in [0, 0.1) is 22.7 Å². The van der Waals surface area contributed by atoms with Crippen LogP contribution in [0.15, 0.2) is 109 Å². The maximum absolute atomic E-state index is 13.1. The van der Waals surface area contributed by atoms with Crippen LogP contribution in [0.2, 0.25) is 0 Å². The highest BCUT2D eigenvalue weighted by Crippen LogP contribution is 2.35. The Morgan fingerprint density at radius 3 is 1.09 bits per heavy atom. The molecule has 0 aromatic heterocycles. The lowest BCUT2D eigenvalue weighted by Gasteiger charge is -2.16. The van der Waals surface area contributed by atoms with Crippen LogP contribution in [-0.4, -0.2) is 13.2 Å². The van der Waals surface area contributed by atoms with E-state index in [-0.39, 0.29) is 11.1 Å². The lowest BCUT2D eigenvalue weighted by molar-refractivity contribution is -0.138. The van der Waals surface area contributed by atoms with Crippen molar-refractivity contribution >= 4 is 47.6 Å². The Kier molecular flexibility index (Phi) is 20.4. The smallest absolute Gasteiger partial charge is 0.416 e. The summed E-state index contributed by atoms with van der Waals surface area (Å²) in [6.07, 6.45) is 15.7. The number of unbranched alkanes of at least 4 members (excludes halogenated alkanes) is 10. The van der Waals surface area contributed by atoms with Gasteiger partial charge in [-0.25, -0.2) is 0 Å². The molecule has 0 heterocycles. The Bertz CT molecular complexity index is 2370. The zero-order valence-corrected chi connectivity index (χ0v) is 38.7. The third-order valence-electron chi connectivity index (χ3n) is 11.3. The van der Waals surface area contributed by atoms with Crippen LogP contribution in [0.5, 0.6) is 11.5 Å². The molecule has 10 heteroatoms. The van der Waals surface area contributed by atoms with Crippen molar-refractivity contribution in [1.29, 1.82) is 10.5 Å². The van der Waals surface area contributed by atoms with Gasteiger partial charge in [-0.15, -0.1) is 0 Å². The van der Waals surface area contributed by atoms with E-state index in [2.05, 4.69) is 26.0 Å². The van der Waals surface area contributed by atoms with Crippen molar-refractivity contribution in [2.45, 2.75) is 103 Å². The number of hydrogen-bond donors (Lipinski definition) is 0. The lowest BCUT2D eigenvalue weighted by Crippen LogP contribution is -2.04. The Morgan fingerprint density at radius 1 is 0.441 bits per heavy atom. The number of ether oxygens (including phenoxy) is 2. The van der Waals surface area contributed by atoms with Crippen molar-refractivity contribution in [2.24, 2.45) is 0 Å². The molecule has 5 rings (SSSR count). The molecule has 0 atom stereocenters. The summed E-state index contributed by atoms with van der Waals surface area (Å²) in [6, 6.07) is 32.3. The number of halogens is 6. The molecule has 0 saturated carbocycles. The zero-order chi connectivity index (χ0) is 48.8. The summed E-state index contributed by atoms with van der Waals surface area (Å²) in [5.74, 6) is 1.40. The topological polar surface area (TPSA) is 66.0 Å².